The number of aromatic nitrogens is 1. The van der Waals surface area contributed by atoms with Gasteiger partial charge in [0.15, 0.2) is 6.61 Å². The smallest absolute Gasteiger partial charge is 0.261 e. The molecule has 0 unspecified atom stereocenters. The molecule has 1 aliphatic rings. The highest BCUT2D eigenvalue weighted by Crippen LogP contribution is 2.25. The molecule has 1 aromatic heterocycles. The maximum Gasteiger partial charge on any atom is 0.261 e. The van der Waals surface area contributed by atoms with Crippen molar-refractivity contribution >= 4 is 49.6 Å². The zero-order valence-corrected chi connectivity index (χ0v) is 20.9. The lowest BCUT2D eigenvalue weighted by Gasteiger charge is -2.36. The highest BCUT2D eigenvalue weighted by atomic mass is 32.2. The van der Waals surface area contributed by atoms with Crippen molar-refractivity contribution in [1.29, 1.82) is 0 Å². The van der Waals surface area contributed by atoms with Gasteiger partial charge in [-0.05, 0) is 66.7 Å². The summed E-state index contributed by atoms with van der Waals surface area (Å²) in [5.74, 6) is 0.520. The Balaban J connectivity index is 1.13. The van der Waals surface area contributed by atoms with E-state index >= 15 is 0 Å². The molecule has 6 N–H and O–H groups in total. The van der Waals surface area contributed by atoms with Crippen molar-refractivity contribution in [2.24, 2.45) is 0 Å². The summed E-state index contributed by atoms with van der Waals surface area (Å²) >= 11 is 0. The summed E-state index contributed by atoms with van der Waals surface area (Å²) in [6.45, 7) is 2.41. The minimum Gasteiger partial charge on any atom is -0.484 e. The van der Waals surface area contributed by atoms with Crippen molar-refractivity contribution in [2.75, 3.05) is 53.9 Å². The first kappa shape index (κ1) is 24.3. The predicted molar refractivity (Wildman–Crippen MR) is 145 cm³/mol. The zero-order valence-electron chi connectivity index (χ0n) is 20.1. The molecule has 0 saturated carbocycles. The first-order valence-corrected chi connectivity index (χ1v) is 13.3. The van der Waals surface area contributed by atoms with Gasteiger partial charge in [-0.25, -0.2) is 8.42 Å². The number of H-pyrrole nitrogens is 1. The molecule has 0 radical (unpaired) electrons. The van der Waals surface area contributed by atoms with E-state index in [2.05, 4.69) is 14.6 Å². The second-order valence-electron chi connectivity index (χ2n) is 8.83. The summed E-state index contributed by atoms with van der Waals surface area (Å²) in [5.41, 5.74) is 15.0. The summed E-state index contributed by atoms with van der Waals surface area (Å²) < 4.78 is 33.5. The van der Waals surface area contributed by atoms with E-state index in [1.807, 2.05) is 30.3 Å². The monoisotopic (exact) mass is 520 g/mol. The maximum absolute atomic E-state index is 12.7. The third kappa shape index (κ3) is 5.41. The summed E-state index contributed by atoms with van der Waals surface area (Å²) in [6, 6.07) is 18.7. The van der Waals surface area contributed by atoms with Crippen LogP contribution in [0.25, 0.3) is 10.9 Å². The molecule has 0 aliphatic carbocycles. The van der Waals surface area contributed by atoms with Crippen molar-refractivity contribution < 1.29 is 17.9 Å². The van der Waals surface area contributed by atoms with Crippen molar-refractivity contribution in [3.63, 3.8) is 0 Å². The molecule has 3 aromatic carbocycles. The molecule has 4 aromatic rings. The number of nitrogen functional groups attached to an aromatic ring is 2. The standard InChI is InChI=1S/C26H28N6O4S/c27-18-1-8-22(9-2-18)37(34,35)30-19-3-5-20(6-4-19)31-11-13-32(14-12-31)26(33)17-36-21-7-10-25-23(15-21)24(28)16-29-25/h1-10,15-16,29-30H,11-14,17,27-28H2. The maximum atomic E-state index is 12.7. The minimum absolute atomic E-state index is 0.0430. The molecule has 0 bridgehead atoms. The summed E-state index contributed by atoms with van der Waals surface area (Å²) in [6.07, 6.45) is 1.73. The lowest BCUT2D eigenvalue weighted by Crippen LogP contribution is -2.50. The van der Waals surface area contributed by atoms with Crippen molar-refractivity contribution in [3.8, 4) is 5.75 Å². The molecule has 1 fully saturated rings. The highest BCUT2D eigenvalue weighted by molar-refractivity contribution is 7.92. The van der Waals surface area contributed by atoms with Crippen LogP contribution in [0.15, 0.2) is 77.8 Å². The normalized spacial score (nSPS) is 14.1. The largest absolute Gasteiger partial charge is 0.484 e. The number of nitrogens with one attached hydrogen (secondary N) is 2. The average Bonchev–Trinajstić information content (AvgIpc) is 3.28. The van der Waals surface area contributed by atoms with E-state index in [0.29, 0.717) is 49.0 Å². The Bertz CT molecular complexity index is 1510. The van der Waals surface area contributed by atoms with Crippen LogP contribution in [-0.4, -0.2) is 57.0 Å². The van der Waals surface area contributed by atoms with Crippen LogP contribution in [0.2, 0.25) is 0 Å². The quantitative estimate of drug-likeness (QED) is 0.274. The van der Waals surface area contributed by atoms with Crippen LogP contribution in [0, 0.1) is 0 Å². The number of nitrogens with two attached hydrogens (primary N) is 2. The third-order valence-corrected chi connectivity index (χ3v) is 7.75. The number of hydrogen-bond donors (Lipinski definition) is 4. The number of fused-ring (bicyclic) bond motifs is 1. The van der Waals surface area contributed by atoms with Crippen LogP contribution < -0.4 is 25.8 Å². The zero-order chi connectivity index (χ0) is 26.0. The SMILES string of the molecule is Nc1ccc(S(=O)(=O)Nc2ccc(N3CCN(C(=O)COc4ccc5[nH]cc(N)c5c4)CC3)cc2)cc1. The third-order valence-electron chi connectivity index (χ3n) is 6.35. The number of nitrogens with zero attached hydrogens (tertiary/aromatic N) is 2. The van der Waals surface area contributed by atoms with Gasteiger partial charge in [0.25, 0.3) is 15.9 Å². The molecule has 0 atom stereocenters. The van der Waals surface area contributed by atoms with Crippen LogP contribution >= 0.6 is 0 Å². The van der Waals surface area contributed by atoms with Crippen molar-refractivity contribution in [3.05, 3.63) is 72.9 Å². The molecule has 0 spiro atoms. The van der Waals surface area contributed by atoms with Gasteiger partial charge in [0, 0.05) is 60.3 Å². The fourth-order valence-electron chi connectivity index (χ4n) is 4.26. The Morgan fingerprint density at radius 1 is 0.946 bits per heavy atom. The van der Waals surface area contributed by atoms with Gasteiger partial charge in [-0.15, -0.1) is 0 Å². The number of ether oxygens (including phenoxy) is 1. The fourth-order valence-corrected chi connectivity index (χ4v) is 5.32. The molecule has 1 saturated heterocycles. The molecular formula is C26H28N6O4S. The molecular weight excluding hydrogens is 492 g/mol. The van der Waals surface area contributed by atoms with Gasteiger partial charge in [-0.3, -0.25) is 9.52 Å². The van der Waals surface area contributed by atoms with Crippen LogP contribution in [0.5, 0.6) is 5.75 Å². The lowest BCUT2D eigenvalue weighted by molar-refractivity contribution is -0.133. The number of hydrogen-bond acceptors (Lipinski definition) is 7. The molecule has 11 heteroatoms. The topological polar surface area (TPSA) is 147 Å². The van der Waals surface area contributed by atoms with Crippen LogP contribution in [-0.2, 0) is 14.8 Å². The second-order valence-corrected chi connectivity index (χ2v) is 10.5. The number of sulfonamides is 1. The van der Waals surface area contributed by atoms with E-state index in [4.69, 9.17) is 16.2 Å². The molecule has 1 amide bonds. The van der Waals surface area contributed by atoms with E-state index in [1.54, 1.807) is 35.4 Å². The number of aromatic amines is 1. The van der Waals surface area contributed by atoms with Crippen molar-refractivity contribution in [1.82, 2.24) is 9.88 Å². The van der Waals surface area contributed by atoms with Gasteiger partial charge in [-0.1, -0.05) is 0 Å². The van der Waals surface area contributed by atoms with Crippen LogP contribution in [0.4, 0.5) is 22.7 Å². The fraction of sp³-hybridized carbons (Fsp3) is 0.192. The van der Waals surface area contributed by atoms with Gasteiger partial charge in [-0.2, -0.15) is 0 Å². The number of piperazine rings is 1. The molecule has 37 heavy (non-hydrogen) atoms. The number of carbonyl (C=O) groups is 1. The lowest BCUT2D eigenvalue weighted by atomic mass is 10.2. The van der Waals surface area contributed by atoms with Gasteiger partial charge in [0.2, 0.25) is 0 Å². The summed E-state index contributed by atoms with van der Waals surface area (Å²) in [5, 5.41) is 0.864. The number of anilines is 4. The number of rotatable bonds is 7. The predicted octanol–water partition coefficient (Wildman–Crippen LogP) is 2.86. The van der Waals surface area contributed by atoms with Crippen LogP contribution in [0.1, 0.15) is 0 Å². The van der Waals surface area contributed by atoms with E-state index < -0.39 is 10.0 Å². The van der Waals surface area contributed by atoms with Gasteiger partial charge in [0.1, 0.15) is 5.75 Å². The second kappa shape index (κ2) is 9.94. The molecule has 10 nitrogen and oxygen atoms in total. The first-order chi connectivity index (χ1) is 17.8. The first-order valence-electron chi connectivity index (χ1n) is 11.8. The van der Waals surface area contributed by atoms with Gasteiger partial charge < -0.3 is 31.0 Å². The van der Waals surface area contributed by atoms with E-state index in [1.165, 1.54) is 12.1 Å². The molecule has 192 valence electrons. The number of amides is 1. The van der Waals surface area contributed by atoms with E-state index in [9.17, 15) is 13.2 Å². The van der Waals surface area contributed by atoms with Gasteiger partial charge in [0.05, 0.1) is 10.6 Å². The van der Waals surface area contributed by atoms with Gasteiger partial charge >= 0.3 is 0 Å². The highest BCUT2D eigenvalue weighted by Gasteiger charge is 2.22. The molecule has 1 aliphatic heterocycles. The number of carbonyl (C=O) groups excluding carboxylic acids is 1. The molecule has 5 rings (SSSR count). The Hall–Kier alpha value is -4.38. The summed E-state index contributed by atoms with van der Waals surface area (Å²) in [4.78, 5) is 19.9. The van der Waals surface area contributed by atoms with E-state index in [-0.39, 0.29) is 17.4 Å². The van der Waals surface area contributed by atoms with E-state index in [0.717, 1.165) is 16.6 Å². The van der Waals surface area contributed by atoms with Crippen molar-refractivity contribution in [2.45, 2.75) is 4.90 Å². The Morgan fingerprint density at radius 3 is 2.35 bits per heavy atom. The Morgan fingerprint density at radius 2 is 1.65 bits per heavy atom. The number of benzene rings is 3. The Labute approximate surface area is 214 Å². The molecule has 2 heterocycles. The minimum atomic E-state index is -3.70. The van der Waals surface area contributed by atoms with Crippen LogP contribution in [0.3, 0.4) is 0 Å². The Kier molecular flexibility index (Phi) is 6.53. The summed E-state index contributed by atoms with van der Waals surface area (Å²) in [7, 11) is -3.70. The average molecular weight is 521 g/mol.